The second-order valence-corrected chi connectivity index (χ2v) is 6.41. The lowest BCUT2D eigenvalue weighted by molar-refractivity contribution is -0.128. The highest BCUT2D eigenvalue weighted by Crippen LogP contribution is 2.30. The van der Waals surface area contributed by atoms with E-state index in [9.17, 15) is 14.0 Å². The molecular weight excluding hydrogens is 309 g/mol. The molecule has 1 unspecified atom stereocenters. The van der Waals surface area contributed by atoms with Gasteiger partial charge in [0.25, 0.3) is 5.91 Å². The van der Waals surface area contributed by atoms with Gasteiger partial charge in [-0.1, -0.05) is 0 Å². The summed E-state index contributed by atoms with van der Waals surface area (Å²) in [6.07, 6.45) is 5.92. The summed E-state index contributed by atoms with van der Waals surface area (Å²) in [6, 6.07) is 8.20. The van der Waals surface area contributed by atoms with Gasteiger partial charge in [0.1, 0.15) is 5.82 Å². The monoisotopic (exact) mass is 327 g/mol. The van der Waals surface area contributed by atoms with Crippen LogP contribution in [0.5, 0.6) is 0 Å². The Morgan fingerprint density at radius 2 is 1.96 bits per heavy atom. The minimum atomic E-state index is -0.457. The van der Waals surface area contributed by atoms with E-state index < -0.39 is 5.82 Å². The molecule has 0 radical (unpaired) electrons. The number of amides is 2. The molecule has 1 aromatic carbocycles. The smallest absolute Gasteiger partial charge is 0.251 e. The van der Waals surface area contributed by atoms with Crippen LogP contribution in [0, 0.1) is 5.82 Å². The van der Waals surface area contributed by atoms with Crippen molar-refractivity contribution < 1.29 is 14.0 Å². The Balaban J connectivity index is 1.45. The molecule has 1 aliphatic carbocycles. The zero-order chi connectivity index (χ0) is 16.7. The predicted molar refractivity (Wildman–Crippen MR) is 86.3 cm³/mol. The van der Waals surface area contributed by atoms with Crippen molar-refractivity contribution in [3.8, 4) is 5.69 Å². The molecule has 1 saturated carbocycles. The summed E-state index contributed by atoms with van der Waals surface area (Å²) in [7, 11) is 0. The second-order valence-electron chi connectivity index (χ2n) is 6.41. The lowest BCUT2D eigenvalue weighted by Gasteiger charge is -2.16. The zero-order valence-electron chi connectivity index (χ0n) is 13.1. The SMILES string of the molecule is O=C(NC1CC(=O)N(C2CC2)C1)c1ccc(-n2cccc2)c(F)c1. The fourth-order valence-electron chi connectivity index (χ4n) is 3.19. The molecule has 2 aromatic rings. The number of nitrogens with zero attached hydrogens (tertiary/aromatic N) is 2. The molecule has 1 saturated heterocycles. The molecule has 124 valence electrons. The number of halogens is 1. The van der Waals surface area contributed by atoms with Gasteiger partial charge in [-0.15, -0.1) is 0 Å². The van der Waals surface area contributed by atoms with Crippen molar-refractivity contribution in [1.82, 2.24) is 14.8 Å². The molecule has 2 heterocycles. The first-order chi connectivity index (χ1) is 11.6. The summed E-state index contributed by atoms with van der Waals surface area (Å²) in [6.45, 7) is 0.555. The fraction of sp³-hybridized carbons (Fsp3) is 0.333. The third-order valence-corrected chi connectivity index (χ3v) is 4.57. The Kier molecular flexibility index (Phi) is 3.59. The Labute approximate surface area is 139 Å². The van der Waals surface area contributed by atoms with Crippen LogP contribution in [-0.4, -0.2) is 39.9 Å². The van der Waals surface area contributed by atoms with E-state index in [1.165, 1.54) is 6.07 Å². The number of likely N-dealkylation sites (tertiary alicyclic amines) is 1. The van der Waals surface area contributed by atoms with Gasteiger partial charge in [-0.05, 0) is 43.2 Å². The van der Waals surface area contributed by atoms with Crippen molar-refractivity contribution in [2.75, 3.05) is 6.54 Å². The van der Waals surface area contributed by atoms with Crippen LogP contribution < -0.4 is 5.32 Å². The van der Waals surface area contributed by atoms with E-state index in [1.54, 1.807) is 29.1 Å². The van der Waals surface area contributed by atoms with Crippen LogP contribution in [0.1, 0.15) is 29.6 Å². The van der Waals surface area contributed by atoms with Crippen LogP contribution >= 0.6 is 0 Å². The maximum atomic E-state index is 14.3. The third kappa shape index (κ3) is 2.79. The maximum absolute atomic E-state index is 14.3. The van der Waals surface area contributed by atoms with Gasteiger partial charge in [0.15, 0.2) is 0 Å². The number of carbonyl (C=O) groups is 2. The van der Waals surface area contributed by atoms with Crippen molar-refractivity contribution in [2.24, 2.45) is 0 Å². The number of benzene rings is 1. The van der Waals surface area contributed by atoms with Crippen LogP contribution in [0.15, 0.2) is 42.7 Å². The molecule has 1 N–H and O–H groups in total. The molecule has 24 heavy (non-hydrogen) atoms. The van der Waals surface area contributed by atoms with E-state index >= 15 is 0 Å². The molecule has 5 nitrogen and oxygen atoms in total. The Bertz CT molecular complexity index is 784. The number of hydrogen-bond donors (Lipinski definition) is 1. The molecule has 1 aromatic heterocycles. The third-order valence-electron chi connectivity index (χ3n) is 4.57. The molecule has 1 aliphatic heterocycles. The molecule has 6 heteroatoms. The summed E-state index contributed by atoms with van der Waals surface area (Å²) in [5.41, 5.74) is 0.660. The summed E-state index contributed by atoms with van der Waals surface area (Å²) in [5, 5.41) is 2.84. The van der Waals surface area contributed by atoms with Gasteiger partial charge in [-0.3, -0.25) is 9.59 Å². The Morgan fingerprint density at radius 3 is 2.62 bits per heavy atom. The van der Waals surface area contributed by atoms with E-state index in [4.69, 9.17) is 0 Å². The first kappa shape index (κ1) is 14.9. The van der Waals surface area contributed by atoms with E-state index in [1.807, 2.05) is 17.0 Å². The van der Waals surface area contributed by atoms with Crippen LogP contribution in [0.2, 0.25) is 0 Å². The van der Waals surface area contributed by atoms with Crippen molar-refractivity contribution in [3.63, 3.8) is 0 Å². The highest BCUT2D eigenvalue weighted by Gasteiger charge is 2.39. The van der Waals surface area contributed by atoms with Crippen molar-refractivity contribution in [1.29, 1.82) is 0 Å². The number of hydrogen-bond acceptors (Lipinski definition) is 2. The van der Waals surface area contributed by atoms with Gasteiger partial charge in [0.2, 0.25) is 5.91 Å². The summed E-state index contributed by atoms with van der Waals surface area (Å²) in [4.78, 5) is 26.1. The lowest BCUT2D eigenvalue weighted by Crippen LogP contribution is -2.37. The average Bonchev–Trinajstić information content (AvgIpc) is 3.12. The van der Waals surface area contributed by atoms with Gasteiger partial charge >= 0.3 is 0 Å². The number of rotatable bonds is 4. The summed E-state index contributed by atoms with van der Waals surface area (Å²) < 4.78 is 15.9. The normalized spacial score (nSPS) is 20.5. The van der Waals surface area contributed by atoms with E-state index in [-0.39, 0.29) is 23.4 Å². The molecular formula is C18H18FN3O2. The maximum Gasteiger partial charge on any atom is 0.251 e. The molecule has 0 spiro atoms. The Hall–Kier alpha value is -2.63. The van der Waals surface area contributed by atoms with Crippen molar-refractivity contribution >= 4 is 11.8 Å². The molecule has 2 amide bonds. The van der Waals surface area contributed by atoms with Gasteiger partial charge in [-0.2, -0.15) is 0 Å². The van der Waals surface area contributed by atoms with Gasteiger partial charge in [0.05, 0.1) is 11.7 Å². The van der Waals surface area contributed by atoms with E-state index in [2.05, 4.69) is 5.32 Å². The van der Waals surface area contributed by atoms with E-state index in [0.29, 0.717) is 24.7 Å². The second kappa shape index (κ2) is 5.78. The number of carbonyl (C=O) groups excluding carboxylic acids is 2. The molecule has 2 fully saturated rings. The minimum Gasteiger partial charge on any atom is -0.347 e. The number of aromatic nitrogens is 1. The zero-order valence-corrected chi connectivity index (χ0v) is 13.1. The highest BCUT2D eigenvalue weighted by atomic mass is 19.1. The molecule has 4 rings (SSSR count). The van der Waals surface area contributed by atoms with Crippen LogP contribution in [-0.2, 0) is 4.79 Å². The van der Waals surface area contributed by atoms with Gasteiger partial charge < -0.3 is 14.8 Å². The number of nitrogens with one attached hydrogen (secondary N) is 1. The van der Waals surface area contributed by atoms with Crippen LogP contribution in [0.4, 0.5) is 4.39 Å². The molecule has 1 atom stereocenters. The first-order valence-corrected chi connectivity index (χ1v) is 8.15. The largest absolute Gasteiger partial charge is 0.347 e. The average molecular weight is 327 g/mol. The molecule has 0 bridgehead atoms. The summed E-state index contributed by atoms with van der Waals surface area (Å²) >= 11 is 0. The predicted octanol–water partition coefficient (Wildman–Crippen LogP) is 2.11. The fourth-order valence-corrected chi connectivity index (χ4v) is 3.19. The van der Waals surface area contributed by atoms with Gasteiger partial charge in [-0.25, -0.2) is 4.39 Å². The molecule has 2 aliphatic rings. The lowest BCUT2D eigenvalue weighted by atomic mass is 10.1. The standard InChI is InChI=1S/C18H18FN3O2/c19-15-9-12(3-6-16(15)21-7-1-2-8-21)18(24)20-13-10-17(23)22(11-13)14-4-5-14/h1-3,6-9,13-14H,4-5,10-11H2,(H,20,24). The van der Waals surface area contributed by atoms with Crippen molar-refractivity contribution in [2.45, 2.75) is 31.3 Å². The van der Waals surface area contributed by atoms with Crippen LogP contribution in [0.25, 0.3) is 5.69 Å². The topological polar surface area (TPSA) is 54.3 Å². The quantitative estimate of drug-likeness (QED) is 0.935. The highest BCUT2D eigenvalue weighted by molar-refractivity contribution is 5.95. The first-order valence-electron chi connectivity index (χ1n) is 8.15. The minimum absolute atomic E-state index is 0.0944. The summed E-state index contributed by atoms with van der Waals surface area (Å²) in [5.74, 6) is -0.707. The van der Waals surface area contributed by atoms with Gasteiger partial charge in [0, 0.05) is 37.0 Å². The van der Waals surface area contributed by atoms with Crippen LogP contribution in [0.3, 0.4) is 0 Å². The van der Waals surface area contributed by atoms with E-state index in [0.717, 1.165) is 12.8 Å². The van der Waals surface area contributed by atoms with Crippen molar-refractivity contribution in [3.05, 3.63) is 54.1 Å². The Morgan fingerprint density at radius 1 is 1.21 bits per heavy atom.